The molecule has 1 fully saturated rings. The summed E-state index contributed by atoms with van der Waals surface area (Å²) in [6, 6.07) is 32.7. The first kappa shape index (κ1) is 76.8. The van der Waals surface area contributed by atoms with E-state index in [1.165, 1.54) is 170 Å². The molecule has 17 rings (SSSR count). The summed E-state index contributed by atoms with van der Waals surface area (Å²) in [7, 11) is -6.06. The van der Waals surface area contributed by atoms with E-state index < -0.39 is 20.0 Å². The topological polar surface area (TPSA) is 233 Å². The van der Waals surface area contributed by atoms with Crippen LogP contribution in [0.1, 0.15) is 176 Å². The number of nitrogens with zero attached hydrogens (tertiary/aromatic N) is 5. The van der Waals surface area contributed by atoms with Gasteiger partial charge in [-0.3, -0.25) is 14.4 Å². The zero-order valence-corrected chi connectivity index (χ0v) is 65.1. The number of piperidine rings is 1. The van der Waals surface area contributed by atoms with Crippen molar-refractivity contribution in [1.82, 2.24) is 48.2 Å². The van der Waals surface area contributed by atoms with Crippen molar-refractivity contribution in [2.45, 2.75) is 155 Å². The van der Waals surface area contributed by atoms with Gasteiger partial charge in [0.25, 0.3) is 0 Å². The molecular formula is C87H106N10O9S2. The van der Waals surface area contributed by atoms with Gasteiger partial charge in [0.1, 0.15) is 24.7 Å². The molecule has 21 heteroatoms. The fourth-order valence-corrected chi connectivity index (χ4v) is 18.1. The molecule has 3 aliphatic carbocycles. The first-order valence-corrected chi connectivity index (χ1v) is 42.5. The molecule has 0 unspecified atom stereocenters. The number of rotatable bonds is 13. The summed E-state index contributed by atoms with van der Waals surface area (Å²) < 4.78 is 61.1. The first-order chi connectivity index (χ1) is 52.3. The highest BCUT2D eigenvalue weighted by molar-refractivity contribution is 7.88. The van der Waals surface area contributed by atoms with Gasteiger partial charge in [-0.1, -0.05) is 85.0 Å². The lowest BCUT2D eigenvalue weighted by Crippen LogP contribution is -2.37. The molecule has 108 heavy (non-hydrogen) atoms. The number of carbonyl (C=O) groups is 3. The Morgan fingerprint density at radius 3 is 1.27 bits per heavy atom. The van der Waals surface area contributed by atoms with Gasteiger partial charge >= 0.3 is 0 Å². The molecule has 5 aliphatic heterocycles. The number of fused-ring (bicyclic) bond motifs is 5. The number of sulfonamides is 2. The van der Waals surface area contributed by atoms with Crippen LogP contribution in [0.15, 0.2) is 152 Å². The highest BCUT2D eigenvalue weighted by Gasteiger charge is 2.30. The summed E-state index contributed by atoms with van der Waals surface area (Å²) in [5.41, 5.74) is 25.2. The normalized spacial score (nSPS) is 17.8. The van der Waals surface area contributed by atoms with Crippen molar-refractivity contribution in [2.24, 2.45) is 0 Å². The summed E-state index contributed by atoms with van der Waals surface area (Å²) in [5, 5.41) is 2.36. The maximum atomic E-state index is 11.5. The number of amides is 3. The maximum Gasteiger partial charge on any atom is 0.219 e. The summed E-state index contributed by atoms with van der Waals surface area (Å²) >= 11 is 0. The van der Waals surface area contributed by atoms with Crippen molar-refractivity contribution in [2.75, 3.05) is 78.0 Å². The lowest BCUT2D eigenvalue weighted by molar-refractivity contribution is -0.129. The Morgan fingerprint density at radius 1 is 0.398 bits per heavy atom. The van der Waals surface area contributed by atoms with E-state index in [2.05, 4.69) is 123 Å². The number of H-pyrrole nitrogens is 5. The average molecular weight is 1500 g/mol. The molecule has 1 saturated heterocycles. The molecule has 19 nitrogen and oxygen atoms in total. The van der Waals surface area contributed by atoms with E-state index in [1.54, 1.807) is 25.1 Å². The number of aromatic amines is 5. The predicted molar refractivity (Wildman–Crippen MR) is 432 cm³/mol. The van der Waals surface area contributed by atoms with E-state index in [9.17, 15) is 31.2 Å². The van der Waals surface area contributed by atoms with E-state index in [1.807, 2.05) is 69.3 Å². The molecule has 5 aromatic heterocycles. The molecular weight excluding hydrogens is 1390 g/mol. The van der Waals surface area contributed by atoms with E-state index in [-0.39, 0.29) is 17.7 Å². The van der Waals surface area contributed by atoms with Crippen LogP contribution in [0.5, 0.6) is 11.5 Å². The van der Waals surface area contributed by atoms with Gasteiger partial charge in [0.15, 0.2) is 0 Å². The third kappa shape index (κ3) is 19.2. The van der Waals surface area contributed by atoms with Gasteiger partial charge in [-0.15, -0.1) is 0 Å². The molecule has 0 saturated carbocycles. The van der Waals surface area contributed by atoms with Gasteiger partial charge in [-0.2, -0.15) is 4.31 Å². The van der Waals surface area contributed by atoms with Crippen LogP contribution in [0.2, 0.25) is 0 Å². The minimum atomic E-state index is -3.05. The Kier molecular flexibility index (Phi) is 25.1. The third-order valence-electron chi connectivity index (χ3n) is 22.7. The summed E-state index contributed by atoms with van der Waals surface area (Å²) in [6.07, 6.45) is 42.1. The van der Waals surface area contributed by atoms with E-state index in [0.717, 1.165) is 117 Å². The van der Waals surface area contributed by atoms with Crippen molar-refractivity contribution in [3.8, 4) is 11.5 Å². The van der Waals surface area contributed by atoms with E-state index >= 15 is 0 Å². The van der Waals surface area contributed by atoms with Gasteiger partial charge in [0.2, 0.25) is 37.8 Å². The fourth-order valence-electron chi connectivity index (χ4n) is 16.5. The van der Waals surface area contributed by atoms with Crippen molar-refractivity contribution in [3.05, 3.63) is 225 Å². The first-order valence-electron chi connectivity index (χ1n) is 38.8. The number of hydrogen-bond acceptors (Lipinski definition) is 9. The number of ether oxygens (including phenoxy) is 2. The lowest BCUT2D eigenvalue weighted by atomic mass is 9.85. The Labute approximate surface area is 637 Å². The predicted octanol–water partition coefficient (Wildman–Crippen LogP) is 15.3. The van der Waals surface area contributed by atoms with Crippen molar-refractivity contribution >= 4 is 81.9 Å². The monoisotopic (exact) mass is 1500 g/mol. The van der Waals surface area contributed by atoms with Crippen molar-refractivity contribution < 1.29 is 40.7 Å². The second-order valence-electron chi connectivity index (χ2n) is 29.9. The second-order valence-corrected chi connectivity index (χ2v) is 33.8. The molecule has 0 bridgehead atoms. The van der Waals surface area contributed by atoms with Crippen LogP contribution in [-0.2, 0) is 86.2 Å². The molecule has 10 heterocycles. The lowest BCUT2D eigenvalue weighted by Gasteiger charge is -2.30. The van der Waals surface area contributed by atoms with Gasteiger partial charge < -0.3 is 49.1 Å². The van der Waals surface area contributed by atoms with E-state index in [0.29, 0.717) is 58.4 Å². The third-order valence-corrected chi connectivity index (χ3v) is 25.3. The Hall–Kier alpha value is -9.41. The molecule has 5 N–H and O–H groups in total. The quantitative estimate of drug-likeness (QED) is 0.0737. The number of aromatic nitrogens is 5. The molecule has 3 amide bonds. The van der Waals surface area contributed by atoms with Crippen LogP contribution >= 0.6 is 0 Å². The fraction of sp³-hybridized carbons (Fsp3) is 0.414. The molecule has 0 radical (unpaired) electrons. The second kappa shape index (κ2) is 35.3. The number of aryl methyl sites for hydroxylation is 3. The summed E-state index contributed by atoms with van der Waals surface area (Å²) in [6.45, 7) is 13.0. The SMILES string of the molecule is CC(=O)N1CC=C(c2c[nH]c3c2CCCC3)CC1.CC(=O)N1CC=C(c2c[nH]c3cc(OCc4ccccc4)ccc23)CC1.CC(=O)N1CC=C(c2c[nH]c3ccc(OCc4ccccc4)cc23)CC1.CS(=O)(=O)N1CC=C(c2c[nH]c3c2CCCC3)CC1.CS(=O)(=O)N1CCC(c2c[nH]c3c2CCCC3)CC1. The van der Waals surface area contributed by atoms with Crippen LogP contribution < -0.4 is 9.47 Å². The van der Waals surface area contributed by atoms with Crippen LogP contribution in [-0.4, -0.2) is 161 Å². The number of carbonyl (C=O) groups excluding carboxylic acids is 3. The number of hydrogen-bond donors (Lipinski definition) is 5. The molecule has 4 aromatic carbocycles. The van der Waals surface area contributed by atoms with Gasteiger partial charge in [-0.25, -0.2) is 21.1 Å². The van der Waals surface area contributed by atoms with E-state index in [4.69, 9.17) is 9.47 Å². The standard InChI is InChI=1S/2C22H22N2O2.C15H20N2O.C14H22N2O2S.C14H20N2O2S/c1-16(25)24-11-9-18(10-12-24)21-14-23-22-8-7-19(13-20(21)22)26-15-17-5-3-2-4-6-17;1-16(25)24-11-9-18(10-12-24)21-14-23-22-13-19(7-8-20(21)22)26-15-17-5-3-2-4-6-17;1-11(18)17-8-6-12(7-9-17)14-10-16-15-5-3-2-4-13(14)15;2*1-19(17,18)16-8-6-11(7-9-16)13-10-15-14-5-3-2-4-12(13)14/h2*2-9,13-14,23H,10-12,15H2,1H3;6,10,16H,2-5,7-9H2,1H3;10-11,15H,2-9H2,1H3;6,10,15H,2-5,7-9H2,1H3. The highest BCUT2D eigenvalue weighted by Crippen LogP contribution is 2.39. The minimum Gasteiger partial charge on any atom is -0.489 e. The molecule has 570 valence electrons. The van der Waals surface area contributed by atoms with Crippen LogP contribution in [0.3, 0.4) is 0 Å². The Bertz CT molecular complexity index is 5010. The maximum absolute atomic E-state index is 11.5. The van der Waals surface area contributed by atoms with Crippen molar-refractivity contribution in [1.29, 1.82) is 0 Å². The minimum absolute atomic E-state index is 0.135. The summed E-state index contributed by atoms with van der Waals surface area (Å²) in [4.78, 5) is 56.9. The van der Waals surface area contributed by atoms with Crippen molar-refractivity contribution in [3.63, 3.8) is 0 Å². The Balaban J connectivity index is 0.000000120. The average Bonchev–Trinajstić information content (AvgIpc) is 1.65. The molecule has 0 atom stereocenters. The highest BCUT2D eigenvalue weighted by atomic mass is 32.2. The van der Waals surface area contributed by atoms with Gasteiger partial charge in [-0.05, 0) is 219 Å². The molecule has 8 aliphatic rings. The smallest absolute Gasteiger partial charge is 0.219 e. The van der Waals surface area contributed by atoms with Crippen LogP contribution in [0.25, 0.3) is 44.1 Å². The zero-order chi connectivity index (χ0) is 75.3. The van der Waals surface area contributed by atoms with Crippen LogP contribution in [0.4, 0.5) is 0 Å². The largest absolute Gasteiger partial charge is 0.489 e. The Morgan fingerprint density at radius 2 is 0.806 bits per heavy atom. The molecule has 9 aromatic rings. The molecule has 0 spiro atoms. The van der Waals surface area contributed by atoms with Gasteiger partial charge in [0, 0.05) is 173 Å². The van der Waals surface area contributed by atoms with Gasteiger partial charge in [0.05, 0.1) is 12.5 Å². The zero-order valence-electron chi connectivity index (χ0n) is 63.5. The van der Waals surface area contributed by atoms with Crippen LogP contribution in [0, 0.1) is 0 Å². The number of nitrogens with one attached hydrogen (secondary N) is 5. The summed E-state index contributed by atoms with van der Waals surface area (Å²) in [5.74, 6) is 2.71. The number of benzene rings is 4.